The average Bonchev–Trinajstić information content (AvgIpc) is 3.08. The molecule has 0 spiro atoms. The third-order valence-electron chi connectivity index (χ3n) is 3.69. The fraction of sp³-hybridized carbons (Fsp3) is 0.176. The summed E-state index contributed by atoms with van der Waals surface area (Å²) in [6.45, 7) is 1.67. The van der Waals surface area contributed by atoms with Crippen LogP contribution >= 0.6 is 11.5 Å². The number of anilines is 1. The smallest absolute Gasteiger partial charge is 0.243 e. The van der Waals surface area contributed by atoms with Gasteiger partial charge in [0.1, 0.15) is 0 Å². The lowest BCUT2D eigenvalue weighted by atomic mass is 10.2. The molecule has 0 aliphatic carbocycles. The summed E-state index contributed by atoms with van der Waals surface area (Å²) in [5.41, 5.74) is 0.617. The van der Waals surface area contributed by atoms with Gasteiger partial charge in [0.2, 0.25) is 15.9 Å². The Labute approximate surface area is 150 Å². The van der Waals surface area contributed by atoms with Crippen molar-refractivity contribution in [3.05, 3.63) is 54.7 Å². The Morgan fingerprint density at radius 1 is 1.20 bits per heavy atom. The van der Waals surface area contributed by atoms with Crippen molar-refractivity contribution in [3.8, 4) is 0 Å². The predicted molar refractivity (Wildman–Crippen MR) is 99.1 cm³/mol. The number of fused-ring (bicyclic) bond motifs is 1. The Morgan fingerprint density at radius 3 is 2.68 bits per heavy atom. The highest BCUT2D eigenvalue weighted by Gasteiger charge is 2.25. The largest absolute Gasteiger partial charge is 0.325 e. The van der Waals surface area contributed by atoms with Crippen LogP contribution in [0, 0.1) is 0 Å². The molecule has 0 aliphatic rings. The molecule has 0 saturated carbocycles. The molecule has 2 aromatic carbocycles. The number of sulfonamides is 1. The SMILES string of the molecule is CCN(CC(=O)Nc1ccc2sncc2c1)S(=O)(=O)c1ccccc1. The highest BCUT2D eigenvalue weighted by Crippen LogP contribution is 2.22. The summed E-state index contributed by atoms with van der Waals surface area (Å²) in [4.78, 5) is 12.5. The molecule has 25 heavy (non-hydrogen) atoms. The molecular formula is C17H17N3O3S2. The summed E-state index contributed by atoms with van der Waals surface area (Å²) >= 11 is 1.38. The zero-order valence-electron chi connectivity index (χ0n) is 13.5. The van der Waals surface area contributed by atoms with Crippen molar-refractivity contribution >= 4 is 43.2 Å². The summed E-state index contributed by atoms with van der Waals surface area (Å²) < 4.78 is 31.5. The maximum atomic E-state index is 12.6. The minimum Gasteiger partial charge on any atom is -0.325 e. The fourth-order valence-electron chi connectivity index (χ4n) is 2.42. The number of hydrogen-bond donors (Lipinski definition) is 1. The first-order valence-electron chi connectivity index (χ1n) is 7.70. The van der Waals surface area contributed by atoms with E-state index in [4.69, 9.17) is 0 Å². The third-order valence-corrected chi connectivity index (χ3v) is 6.40. The minimum atomic E-state index is -3.70. The van der Waals surface area contributed by atoms with Gasteiger partial charge in [0.25, 0.3) is 0 Å². The maximum absolute atomic E-state index is 12.6. The van der Waals surface area contributed by atoms with Crippen molar-refractivity contribution in [1.29, 1.82) is 0 Å². The van der Waals surface area contributed by atoms with Gasteiger partial charge in [-0.2, -0.15) is 8.68 Å². The Hall–Kier alpha value is -2.29. The number of amides is 1. The summed E-state index contributed by atoms with van der Waals surface area (Å²) in [5.74, 6) is -0.385. The normalized spacial score (nSPS) is 11.8. The molecule has 3 rings (SSSR count). The van der Waals surface area contributed by atoms with Crippen LogP contribution in [0.1, 0.15) is 6.92 Å². The summed E-state index contributed by atoms with van der Waals surface area (Å²) in [5, 5.41) is 3.68. The molecule has 130 valence electrons. The number of rotatable bonds is 6. The zero-order chi connectivity index (χ0) is 17.9. The van der Waals surface area contributed by atoms with Crippen LogP contribution in [0.3, 0.4) is 0 Å². The van der Waals surface area contributed by atoms with Gasteiger partial charge in [0, 0.05) is 23.8 Å². The van der Waals surface area contributed by atoms with Crippen LogP contribution in [0.4, 0.5) is 5.69 Å². The third kappa shape index (κ3) is 3.87. The quantitative estimate of drug-likeness (QED) is 0.718. The Morgan fingerprint density at radius 2 is 1.96 bits per heavy atom. The predicted octanol–water partition coefficient (Wildman–Crippen LogP) is 2.95. The van der Waals surface area contributed by atoms with Crippen molar-refractivity contribution in [1.82, 2.24) is 8.68 Å². The highest BCUT2D eigenvalue weighted by atomic mass is 32.2. The first-order valence-corrected chi connectivity index (χ1v) is 9.91. The van der Waals surface area contributed by atoms with E-state index in [1.165, 1.54) is 23.7 Å². The second-order valence-electron chi connectivity index (χ2n) is 5.37. The Bertz CT molecular complexity index is 985. The number of hydrogen-bond acceptors (Lipinski definition) is 5. The van der Waals surface area contributed by atoms with Gasteiger partial charge in [-0.1, -0.05) is 25.1 Å². The van der Waals surface area contributed by atoms with E-state index >= 15 is 0 Å². The van der Waals surface area contributed by atoms with Crippen LogP contribution in [0.2, 0.25) is 0 Å². The zero-order valence-corrected chi connectivity index (χ0v) is 15.2. The van der Waals surface area contributed by atoms with Crippen LogP contribution in [0.15, 0.2) is 59.6 Å². The van der Waals surface area contributed by atoms with Crippen molar-refractivity contribution in [3.63, 3.8) is 0 Å². The summed E-state index contributed by atoms with van der Waals surface area (Å²) in [6.07, 6.45) is 1.73. The molecule has 0 fully saturated rings. The number of aromatic nitrogens is 1. The van der Waals surface area contributed by atoms with Gasteiger partial charge in [0.15, 0.2) is 0 Å². The van der Waals surface area contributed by atoms with Crippen LogP contribution in [-0.4, -0.2) is 36.1 Å². The number of likely N-dealkylation sites (N-methyl/N-ethyl adjacent to an activating group) is 1. The average molecular weight is 375 g/mol. The second kappa shape index (κ2) is 7.30. The standard InChI is InChI=1S/C17H17N3O3S2/c1-2-20(25(22,23)15-6-4-3-5-7-15)12-17(21)19-14-8-9-16-13(10-14)11-18-24-16/h3-11H,2,12H2,1H3,(H,19,21). The molecule has 0 bridgehead atoms. The molecule has 6 nitrogen and oxygen atoms in total. The molecule has 3 aromatic rings. The molecule has 1 N–H and O–H groups in total. The highest BCUT2D eigenvalue weighted by molar-refractivity contribution is 7.89. The van der Waals surface area contributed by atoms with Crippen LogP contribution in [-0.2, 0) is 14.8 Å². The van der Waals surface area contributed by atoms with Gasteiger partial charge in [-0.05, 0) is 41.9 Å². The second-order valence-corrected chi connectivity index (χ2v) is 8.14. The first kappa shape index (κ1) is 17.5. The maximum Gasteiger partial charge on any atom is 0.243 e. The van der Waals surface area contributed by atoms with Gasteiger partial charge in [-0.15, -0.1) is 0 Å². The van der Waals surface area contributed by atoms with E-state index < -0.39 is 10.0 Å². The molecule has 1 amide bonds. The minimum absolute atomic E-state index is 0.176. The molecule has 0 unspecified atom stereocenters. The molecule has 0 atom stereocenters. The molecule has 1 aromatic heterocycles. The Balaban J connectivity index is 1.73. The van der Waals surface area contributed by atoms with Gasteiger partial charge >= 0.3 is 0 Å². The van der Waals surface area contributed by atoms with E-state index in [9.17, 15) is 13.2 Å². The van der Waals surface area contributed by atoms with Crippen molar-refractivity contribution in [2.75, 3.05) is 18.4 Å². The molecule has 0 radical (unpaired) electrons. The van der Waals surface area contributed by atoms with Crippen molar-refractivity contribution in [2.24, 2.45) is 0 Å². The molecule has 1 heterocycles. The van der Waals surface area contributed by atoms with E-state index in [-0.39, 0.29) is 23.9 Å². The first-order chi connectivity index (χ1) is 12.0. The molecule has 0 aliphatic heterocycles. The number of carbonyl (C=O) groups is 1. The number of benzene rings is 2. The van der Waals surface area contributed by atoms with E-state index in [0.29, 0.717) is 5.69 Å². The molecular weight excluding hydrogens is 358 g/mol. The summed E-state index contributed by atoms with van der Waals surface area (Å²) in [6, 6.07) is 13.6. The van der Waals surface area contributed by atoms with Crippen LogP contribution in [0.25, 0.3) is 10.1 Å². The summed E-state index contributed by atoms with van der Waals surface area (Å²) in [7, 11) is -3.70. The van der Waals surface area contributed by atoms with Crippen molar-refractivity contribution in [2.45, 2.75) is 11.8 Å². The van der Waals surface area contributed by atoms with Gasteiger partial charge in [-0.3, -0.25) is 4.79 Å². The van der Waals surface area contributed by atoms with Crippen LogP contribution in [0.5, 0.6) is 0 Å². The number of nitrogens with zero attached hydrogens (tertiary/aromatic N) is 2. The lowest BCUT2D eigenvalue weighted by Crippen LogP contribution is -2.37. The van der Waals surface area contributed by atoms with Crippen LogP contribution < -0.4 is 5.32 Å². The number of carbonyl (C=O) groups excluding carboxylic acids is 1. The molecule has 8 heteroatoms. The lowest BCUT2D eigenvalue weighted by Gasteiger charge is -2.20. The van der Waals surface area contributed by atoms with Gasteiger partial charge in [-0.25, -0.2) is 8.42 Å². The Kier molecular flexibility index (Phi) is 5.12. The monoisotopic (exact) mass is 375 g/mol. The fourth-order valence-corrected chi connectivity index (χ4v) is 4.47. The number of nitrogens with one attached hydrogen (secondary N) is 1. The lowest BCUT2D eigenvalue weighted by molar-refractivity contribution is -0.116. The van der Waals surface area contributed by atoms with Gasteiger partial charge in [0.05, 0.1) is 16.1 Å². The van der Waals surface area contributed by atoms with Crippen molar-refractivity contribution < 1.29 is 13.2 Å². The van der Waals surface area contributed by atoms with E-state index in [1.807, 2.05) is 12.1 Å². The molecule has 0 saturated heterocycles. The van der Waals surface area contributed by atoms with E-state index in [1.54, 1.807) is 37.4 Å². The van der Waals surface area contributed by atoms with E-state index in [2.05, 4.69) is 9.69 Å². The van der Waals surface area contributed by atoms with E-state index in [0.717, 1.165) is 14.4 Å². The van der Waals surface area contributed by atoms with Gasteiger partial charge < -0.3 is 5.32 Å². The topological polar surface area (TPSA) is 79.4 Å².